The van der Waals surface area contributed by atoms with Gasteiger partial charge in [-0.3, -0.25) is 4.79 Å². The van der Waals surface area contributed by atoms with E-state index in [9.17, 15) is 4.79 Å². The van der Waals surface area contributed by atoms with Crippen LogP contribution in [0.3, 0.4) is 0 Å². The molecule has 2 nitrogen and oxygen atoms in total. The maximum atomic E-state index is 10.7. The van der Waals surface area contributed by atoms with E-state index in [2.05, 4.69) is 69.3 Å². The van der Waals surface area contributed by atoms with Crippen molar-refractivity contribution in [1.82, 2.24) is 0 Å². The molecule has 0 aliphatic carbocycles. The molecule has 0 bridgehead atoms. The second-order valence-electron chi connectivity index (χ2n) is 7.40. The highest BCUT2D eigenvalue weighted by Crippen LogP contribution is 2.32. The first-order valence-corrected chi connectivity index (χ1v) is 8.52. The lowest BCUT2D eigenvalue weighted by atomic mass is 9.79. The Morgan fingerprint density at radius 2 is 1.54 bits per heavy atom. The summed E-state index contributed by atoms with van der Waals surface area (Å²) in [6.45, 7) is 6.51. The molecule has 0 radical (unpaired) electrons. The Morgan fingerprint density at radius 3 is 2.21 bits per heavy atom. The van der Waals surface area contributed by atoms with E-state index in [-0.39, 0.29) is 11.8 Å². The first-order valence-electron chi connectivity index (χ1n) is 8.52. The molecule has 0 spiro atoms. The summed E-state index contributed by atoms with van der Waals surface area (Å²) in [6, 6.07) is 17.7. The second-order valence-corrected chi connectivity index (χ2v) is 7.40. The van der Waals surface area contributed by atoms with Gasteiger partial charge in [0.1, 0.15) is 0 Å². The summed E-state index contributed by atoms with van der Waals surface area (Å²) in [7, 11) is 0. The van der Waals surface area contributed by atoms with Crippen LogP contribution in [0, 0.1) is 6.92 Å². The highest BCUT2D eigenvalue weighted by molar-refractivity contribution is 5.98. The van der Waals surface area contributed by atoms with Crippen LogP contribution in [0.4, 0.5) is 0 Å². The number of carboxylic acids is 1. The Kier molecular flexibility index (Phi) is 4.31. The Bertz CT molecular complexity index is 906. The van der Waals surface area contributed by atoms with Crippen molar-refractivity contribution in [3.05, 3.63) is 59.7 Å². The van der Waals surface area contributed by atoms with Gasteiger partial charge < -0.3 is 5.11 Å². The van der Waals surface area contributed by atoms with Crippen molar-refractivity contribution in [2.24, 2.45) is 0 Å². The van der Waals surface area contributed by atoms with Crippen LogP contribution in [-0.2, 0) is 10.2 Å². The van der Waals surface area contributed by atoms with Crippen LogP contribution in [0.25, 0.3) is 21.5 Å². The van der Waals surface area contributed by atoms with E-state index in [0.29, 0.717) is 6.42 Å². The molecule has 0 saturated heterocycles. The van der Waals surface area contributed by atoms with E-state index in [0.717, 1.165) is 6.42 Å². The number of aryl methyl sites for hydroxylation is 1. The number of carboxylic acid groups (broad SMARTS) is 1. The average molecular weight is 320 g/mol. The molecule has 24 heavy (non-hydrogen) atoms. The van der Waals surface area contributed by atoms with E-state index in [1.807, 2.05) is 0 Å². The van der Waals surface area contributed by atoms with Gasteiger partial charge in [0.05, 0.1) is 0 Å². The van der Waals surface area contributed by atoms with Crippen LogP contribution in [0.2, 0.25) is 0 Å². The first-order chi connectivity index (χ1) is 11.3. The smallest absolute Gasteiger partial charge is 0.303 e. The van der Waals surface area contributed by atoms with Crippen LogP contribution in [0.5, 0.6) is 0 Å². The molecule has 0 fully saturated rings. The number of fused-ring (bicyclic) bond motifs is 2. The third kappa shape index (κ3) is 3.43. The van der Waals surface area contributed by atoms with Gasteiger partial charge in [0.15, 0.2) is 0 Å². The maximum absolute atomic E-state index is 10.7. The van der Waals surface area contributed by atoms with Crippen molar-refractivity contribution >= 4 is 27.5 Å². The van der Waals surface area contributed by atoms with Crippen molar-refractivity contribution in [2.45, 2.75) is 45.4 Å². The third-order valence-electron chi connectivity index (χ3n) is 4.92. The molecule has 0 aromatic heterocycles. The van der Waals surface area contributed by atoms with Crippen molar-refractivity contribution in [3.8, 4) is 0 Å². The first kappa shape index (κ1) is 16.5. The molecule has 0 aliphatic rings. The third-order valence-corrected chi connectivity index (χ3v) is 4.92. The minimum atomic E-state index is -0.717. The molecule has 0 saturated carbocycles. The van der Waals surface area contributed by atoms with Gasteiger partial charge in [0.2, 0.25) is 0 Å². The fourth-order valence-corrected chi connectivity index (χ4v) is 3.36. The lowest BCUT2D eigenvalue weighted by Crippen LogP contribution is -2.17. The summed E-state index contributed by atoms with van der Waals surface area (Å²) in [4.78, 5) is 10.7. The summed E-state index contributed by atoms with van der Waals surface area (Å²) in [5.41, 5.74) is 2.52. The molecule has 1 N–H and O–H groups in total. The number of rotatable bonds is 5. The molecule has 2 heteroatoms. The standard InChI is InChI=1S/C22H24O2/c1-15-6-7-16-13-19-14-20(9-8-17(19)12-18(16)11-15)22(2,3)10-4-5-21(23)24/h6-9,11-14H,4-5,10H2,1-3H3,(H,23,24). The van der Waals surface area contributed by atoms with Crippen LogP contribution in [-0.4, -0.2) is 11.1 Å². The van der Waals surface area contributed by atoms with Crippen molar-refractivity contribution in [2.75, 3.05) is 0 Å². The van der Waals surface area contributed by atoms with Gasteiger partial charge in [-0.15, -0.1) is 0 Å². The summed E-state index contributed by atoms with van der Waals surface area (Å²) < 4.78 is 0. The summed E-state index contributed by atoms with van der Waals surface area (Å²) in [6.07, 6.45) is 1.82. The summed E-state index contributed by atoms with van der Waals surface area (Å²) in [5.74, 6) is -0.717. The zero-order valence-electron chi connectivity index (χ0n) is 14.6. The van der Waals surface area contributed by atoms with Crippen LogP contribution in [0.15, 0.2) is 48.5 Å². The molecule has 0 heterocycles. The Labute approximate surface area is 143 Å². The second kappa shape index (κ2) is 6.27. The molecule has 124 valence electrons. The number of benzene rings is 3. The molecular formula is C22H24O2. The fourth-order valence-electron chi connectivity index (χ4n) is 3.36. The Hall–Kier alpha value is -2.35. The van der Waals surface area contributed by atoms with Gasteiger partial charge in [-0.05, 0) is 64.4 Å². The lowest BCUT2D eigenvalue weighted by molar-refractivity contribution is -0.137. The number of hydrogen-bond donors (Lipinski definition) is 1. The number of aliphatic carboxylic acids is 1. The van der Waals surface area contributed by atoms with Gasteiger partial charge in [-0.2, -0.15) is 0 Å². The fraction of sp³-hybridized carbons (Fsp3) is 0.318. The van der Waals surface area contributed by atoms with E-state index >= 15 is 0 Å². The molecule has 3 aromatic carbocycles. The normalized spacial score (nSPS) is 12.0. The van der Waals surface area contributed by atoms with Crippen LogP contribution in [0.1, 0.15) is 44.2 Å². The molecular weight excluding hydrogens is 296 g/mol. The van der Waals surface area contributed by atoms with E-state index in [4.69, 9.17) is 5.11 Å². The Balaban J connectivity index is 1.96. The molecule has 3 rings (SSSR count). The van der Waals surface area contributed by atoms with Gasteiger partial charge in [0.25, 0.3) is 0 Å². The maximum Gasteiger partial charge on any atom is 0.303 e. The van der Waals surface area contributed by atoms with E-state index in [1.165, 1.54) is 32.7 Å². The molecule has 0 unspecified atom stereocenters. The van der Waals surface area contributed by atoms with Crippen molar-refractivity contribution in [3.63, 3.8) is 0 Å². The van der Waals surface area contributed by atoms with Crippen molar-refractivity contribution in [1.29, 1.82) is 0 Å². The van der Waals surface area contributed by atoms with E-state index < -0.39 is 5.97 Å². The van der Waals surface area contributed by atoms with Gasteiger partial charge in [-0.25, -0.2) is 0 Å². The average Bonchev–Trinajstić information content (AvgIpc) is 2.51. The van der Waals surface area contributed by atoms with Crippen LogP contribution >= 0.6 is 0 Å². The topological polar surface area (TPSA) is 37.3 Å². The van der Waals surface area contributed by atoms with Gasteiger partial charge in [-0.1, -0.05) is 55.8 Å². The predicted octanol–water partition coefficient (Wildman–Crippen LogP) is 5.83. The highest BCUT2D eigenvalue weighted by Gasteiger charge is 2.21. The number of hydrogen-bond acceptors (Lipinski definition) is 1. The molecule has 0 amide bonds. The minimum Gasteiger partial charge on any atom is -0.481 e. The van der Waals surface area contributed by atoms with E-state index in [1.54, 1.807) is 0 Å². The Morgan fingerprint density at radius 1 is 0.917 bits per heavy atom. The molecule has 0 aliphatic heterocycles. The van der Waals surface area contributed by atoms with Crippen molar-refractivity contribution < 1.29 is 9.90 Å². The largest absolute Gasteiger partial charge is 0.481 e. The van der Waals surface area contributed by atoms with Crippen LogP contribution < -0.4 is 0 Å². The summed E-state index contributed by atoms with van der Waals surface area (Å²) >= 11 is 0. The zero-order valence-corrected chi connectivity index (χ0v) is 14.6. The SMILES string of the molecule is Cc1ccc2cc3cc(C(C)(C)CCCC(=O)O)ccc3cc2c1. The summed E-state index contributed by atoms with van der Waals surface area (Å²) in [5, 5.41) is 13.9. The predicted molar refractivity (Wildman–Crippen MR) is 101 cm³/mol. The quantitative estimate of drug-likeness (QED) is 0.600. The molecule has 3 aromatic rings. The zero-order chi connectivity index (χ0) is 17.3. The van der Waals surface area contributed by atoms with Gasteiger partial charge >= 0.3 is 5.97 Å². The highest BCUT2D eigenvalue weighted by atomic mass is 16.4. The van der Waals surface area contributed by atoms with Gasteiger partial charge in [0, 0.05) is 6.42 Å². The molecule has 0 atom stereocenters. The number of carbonyl (C=O) groups is 1. The monoisotopic (exact) mass is 320 g/mol. The minimum absolute atomic E-state index is 0.0220. The lowest BCUT2D eigenvalue weighted by Gasteiger charge is -2.25.